The van der Waals surface area contributed by atoms with Crippen LogP contribution >= 0.6 is 0 Å². The smallest absolute Gasteiger partial charge is 1.00 e. The van der Waals surface area contributed by atoms with E-state index in [9.17, 15) is 0 Å². The summed E-state index contributed by atoms with van der Waals surface area (Å²) < 4.78 is 8.66. The van der Waals surface area contributed by atoms with Gasteiger partial charge in [0.05, 0.1) is 0 Å². The topological polar surface area (TPSA) is 35.2 Å². The van der Waals surface area contributed by atoms with E-state index in [1.54, 1.807) is 0 Å². The molecule has 0 fully saturated rings. The van der Waals surface area contributed by atoms with Crippen LogP contribution in [0.25, 0.3) is 0 Å². The van der Waals surface area contributed by atoms with E-state index in [-0.39, 0.29) is 17.0 Å². The van der Waals surface area contributed by atoms with Gasteiger partial charge in [0.2, 0.25) is 0 Å². The summed E-state index contributed by atoms with van der Waals surface area (Å²) in [5.74, 6) is 0.686. The molecule has 0 aromatic carbocycles. The number of rotatable bonds is 8. The molecule has 0 aromatic rings. The molecule has 1 atom stereocenters. The quantitative estimate of drug-likeness (QED) is 0.586. The Morgan fingerprint density at radius 2 is 1.87 bits per heavy atom. The van der Waals surface area contributed by atoms with Crippen LogP contribution in [0.5, 0.6) is 0 Å². The number of hydrogen-bond acceptors (Lipinski definition) is 2. The fourth-order valence-corrected chi connectivity index (χ4v) is 6.59. The molecule has 0 aliphatic rings. The molecule has 0 bridgehead atoms. The van der Waals surface area contributed by atoms with Crippen LogP contribution in [0.4, 0.5) is 0 Å². The Morgan fingerprint density at radius 3 is 2.27 bits per heavy atom. The third kappa shape index (κ3) is 13.1. The third-order valence-corrected chi connectivity index (χ3v) is 8.62. The number of halogens is 1. The van der Waals surface area contributed by atoms with Crippen LogP contribution in [0.15, 0.2) is 0 Å². The van der Waals surface area contributed by atoms with Gasteiger partial charge in [0, 0.05) is 0 Å². The van der Waals surface area contributed by atoms with Crippen molar-refractivity contribution in [2.45, 2.75) is 55.5 Å². The number of nitrogens with two attached hydrogens (primary N) is 1. The van der Waals surface area contributed by atoms with Gasteiger partial charge in [-0.3, -0.25) is 0 Å². The molecular weight excluding hydrogens is 361 g/mol. The summed E-state index contributed by atoms with van der Waals surface area (Å²) >= 11 is -1.43. The fourth-order valence-electron chi connectivity index (χ4n) is 1.26. The molecule has 0 rings (SSSR count). The van der Waals surface area contributed by atoms with Crippen LogP contribution in [0.1, 0.15) is 40.5 Å². The van der Waals surface area contributed by atoms with Crippen molar-refractivity contribution in [1.29, 1.82) is 0 Å². The van der Waals surface area contributed by atoms with Gasteiger partial charge in [-0.25, -0.2) is 0 Å². The molecule has 2 nitrogen and oxygen atoms in total. The molecule has 0 saturated carbocycles. The monoisotopic (exact) mass is 387 g/mol. The Bertz CT molecular complexity index is 134. The first-order valence-corrected chi connectivity index (χ1v) is 11.0. The van der Waals surface area contributed by atoms with Crippen molar-refractivity contribution >= 4 is 20.2 Å². The Hall–Kier alpha value is 1.20. The molecule has 0 amide bonds. The van der Waals surface area contributed by atoms with Gasteiger partial charge < -0.3 is 17.0 Å². The SMILES string of the molecule is C[CH2][Sn+]([CH2]CCC(C)N)[O]CC(C)C.[Br-]. The van der Waals surface area contributed by atoms with E-state index < -0.39 is 20.2 Å². The summed E-state index contributed by atoms with van der Waals surface area (Å²) in [5, 5.41) is 0. The van der Waals surface area contributed by atoms with E-state index in [4.69, 9.17) is 8.81 Å². The van der Waals surface area contributed by atoms with Gasteiger partial charge in [-0.2, -0.15) is 0 Å². The first-order valence-electron chi connectivity index (χ1n) is 5.79. The summed E-state index contributed by atoms with van der Waals surface area (Å²) in [5.41, 5.74) is 5.72. The molecule has 0 heterocycles. The Labute approximate surface area is 113 Å². The predicted molar refractivity (Wildman–Crippen MR) is 64.7 cm³/mol. The third-order valence-electron chi connectivity index (χ3n) is 2.13. The minimum Gasteiger partial charge on any atom is -1.00 e. The standard InChI is InChI=1S/C5H12N.C4H9O.C2H5.BrH.Sn/c1-3-4-5(2)6;1-4(2)3-5;1-2;;/h5H,1,3-4,6H2,2H3;4H,3H2,1-2H3;1H2,2H3;1H;/q;-1;;;+2/p-1. The van der Waals surface area contributed by atoms with Crippen LogP contribution in [0, 0.1) is 5.92 Å². The molecule has 0 spiro atoms. The molecule has 2 N–H and O–H groups in total. The van der Waals surface area contributed by atoms with Crippen LogP contribution in [-0.2, 0) is 3.07 Å². The minimum absolute atomic E-state index is 0. The average molecular weight is 387 g/mol. The largest absolute Gasteiger partial charge is 1.00 e. The van der Waals surface area contributed by atoms with Crippen LogP contribution in [0.2, 0.25) is 8.87 Å². The Balaban J connectivity index is 0. The van der Waals surface area contributed by atoms with Crippen molar-refractivity contribution in [3.05, 3.63) is 0 Å². The zero-order valence-electron chi connectivity index (χ0n) is 10.6. The maximum Gasteiger partial charge on any atom is -1.00 e. The van der Waals surface area contributed by atoms with E-state index in [1.165, 1.54) is 15.3 Å². The maximum atomic E-state index is 5.99. The van der Waals surface area contributed by atoms with Crippen molar-refractivity contribution in [3.8, 4) is 0 Å². The van der Waals surface area contributed by atoms with E-state index in [2.05, 4.69) is 27.7 Å². The zero-order chi connectivity index (χ0) is 11.0. The molecule has 0 aromatic heterocycles. The van der Waals surface area contributed by atoms with Gasteiger partial charge in [-0.05, 0) is 0 Å². The summed E-state index contributed by atoms with van der Waals surface area (Å²) in [6.07, 6.45) is 2.44. The first-order chi connectivity index (χ1) is 6.56. The van der Waals surface area contributed by atoms with Crippen LogP contribution in [-0.4, -0.2) is 32.8 Å². The molecule has 1 unspecified atom stereocenters. The van der Waals surface area contributed by atoms with Crippen molar-refractivity contribution in [2.24, 2.45) is 11.7 Å². The van der Waals surface area contributed by atoms with Gasteiger partial charge in [-0.15, -0.1) is 0 Å². The van der Waals surface area contributed by atoms with E-state index in [0.29, 0.717) is 12.0 Å². The van der Waals surface area contributed by atoms with Gasteiger partial charge in [-0.1, -0.05) is 0 Å². The van der Waals surface area contributed by atoms with Gasteiger partial charge in [0.1, 0.15) is 0 Å². The van der Waals surface area contributed by atoms with Crippen molar-refractivity contribution in [2.75, 3.05) is 6.61 Å². The van der Waals surface area contributed by atoms with E-state index in [0.717, 1.165) is 13.0 Å². The van der Waals surface area contributed by atoms with Crippen LogP contribution in [0.3, 0.4) is 0 Å². The van der Waals surface area contributed by atoms with Gasteiger partial charge in [0.25, 0.3) is 0 Å². The Kier molecular flexibility index (Phi) is 14.4. The average Bonchev–Trinajstić information content (AvgIpc) is 2.10. The Morgan fingerprint density at radius 1 is 1.27 bits per heavy atom. The summed E-state index contributed by atoms with van der Waals surface area (Å²) in [4.78, 5) is 0. The van der Waals surface area contributed by atoms with Crippen LogP contribution < -0.4 is 22.7 Å². The van der Waals surface area contributed by atoms with Crippen molar-refractivity contribution < 1.29 is 20.1 Å². The molecule has 92 valence electrons. The van der Waals surface area contributed by atoms with Crippen molar-refractivity contribution in [3.63, 3.8) is 0 Å². The fraction of sp³-hybridized carbons (Fsp3) is 1.00. The zero-order valence-corrected chi connectivity index (χ0v) is 15.0. The van der Waals surface area contributed by atoms with E-state index in [1.807, 2.05) is 0 Å². The van der Waals surface area contributed by atoms with E-state index >= 15 is 0 Å². The van der Waals surface area contributed by atoms with Gasteiger partial charge in [0.15, 0.2) is 0 Å². The summed E-state index contributed by atoms with van der Waals surface area (Å²) in [7, 11) is 0. The maximum absolute atomic E-state index is 5.99. The molecular formula is C11H26BrNOSn. The molecule has 0 aliphatic carbocycles. The summed E-state index contributed by atoms with van der Waals surface area (Å²) in [6.45, 7) is 9.78. The van der Waals surface area contributed by atoms with Crippen molar-refractivity contribution in [1.82, 2.24) is 0 Å². The molecule has 0 aliphatic heterocycles. The molecule has 4 heteroatoms. The molecule has 0 saturated heterocycles. The second kappa shape index (κ2) is 11.7. The number of hydrogen-bond donors (Lipinski definition) is 1. The first kappa shape index (κ1) is 18.6. The predicted octanol–water partition coefficient (Wildman–Crippen LogP) is -0.198. The summed E-state index contributed by atoms with van der Waals surface area (Å²) in [6, 6.07) is 0.363. The molecule has 15 heavy (non-hydrogen) atoms. The normalized spacial score (nSPS) is 12.4. The second-order valence-electron chi connectivity index (χ2n) is 4.47. The second-order valence-corrected chi connectivity index (χ2v) is 11.8. The van der Waals surface area contributed by atoms with Gasteiger partial charge >= 0.3 is 97.0 Å². The minimum atomic E-state index is -1.43. The molecule has 0 radical (unpaired) electrons.